The van der Waals surface area contributed by atoms with Crippen molar-refractivity contribution in [2.75, 3.05) is 13.7 Å². The van der Waals surface area contributed by atoms with Crippen LogP contribution in [0, 0.1) is 5.82 Å². The topological polar surface area (TPSA) is 87.2 Å². The Morgan fingerprint density at radius 1 is 1.34 bits per heavy atom. The molecule has 6 nitrogen and oxygen atoms in total. The van der Waals surface area contributed by atoms with Gasteiger partial charge in [-0.15, -0.1) is 0 Å². The normalized spacial score (nSPS) is 16.5. The van der Waals surface area contributed by atoms with Crippen LogP contribution in [0.25, 0.3) is 27.7 Å². The number of H-pyrrole nitrogens is 1. The summed E-state index contributed by atoms with van der Waals surface area (Å²) in [7, 11) is 1.57. The highest BCUT2D eigenvalue weighted by Crippen LogP contribution is 2.37. The molecular formula is C22H22FN3O3. The predicted octanol–water partition coefficient (Wildman–Crippen LogP) is 3.42. The quantitative estimate of drug-likeness (QED) is 0.618. The smallest absolute Gasteiger partial charge is 0.245 e. The van der Waals surface area contributed by atoms with Crippen LogP contribution in [0.5, 0.6) is 5.75 Å². The zero-order chi connectivity index (χ0) is 20.4. The number of rotatable bonds is 5. The maximum absolute atomic E-state index is 13.9. The molecule has 0 aliphatic heterocycles. The van der Waals surface area contributed by atoms with Crippen LogP contribution in [0.1, 0.15) is 25.0 Å². The Labute approximate surface area is 167 Å². The molecule has 0 fully saturated rings. The second-order valence-electron chi connectivity index (χ2n) is 7.07. The highest BCUT2D eigenvalue weighted by atomic mass is 19.1. The highest BCUT2D eigenvalue weighted by Gasteiger charge is 2.19. The number of ether oxygens (including phenoxy) is 1. The van der Waals surface area contributed by atoms with Crippen molar-refractivity contribution >= 4 is 22.5 Å². The number of carbonyl (C=O) groups excluding carboxylic acids is 1. The third-order valence-electron chi connectivity index (χ3n) is 5.25. The van der Waals surface area contributed by atoms with E-state index in [0.29, 0.717) is 17.7 Å². The monoisotopic (exact) mass is 395 g/mol. The van der Waals surface area contributed by atoms with E-state index in [-0.39, 0.29) is 17.8 Å². The van der Waals surface area contributed by atoms with Crippen molar-refractivity contribution in [1.82, 2.24) is 15.3 Å². The number of pyridine rings is 1. The SMILES string of the molecule is COc1ccc(F)cc1-c1ccnc2[nH]c(C3=CCC(NC(=O)CO)CC3)cc12. The van der Waals surface area contributed by atoms with E-state index >= 15 is 0 Å². The molecule has 1 atom stereocenters. The van der Waals surface area contributed by atoms with Crippen LogP contribution in [-0.2, 0) is 4.79 Å². The third kappa shape index (κ3) is 3.86. The Morgan fingerprint density at radius 2 is 2.21 bits per heavy atom. The number of hydrogen-bond acceptors (Lipinski definition) is 4. The zero-order valence-corrected chi connectivity index (χ0v) is 16.0. The Hall–Kier alpha value is -3.19. The fourth-order valence-corrected chi connectivity index (χ4v) is 3.81. The van der Waals surface area contributed by atoms with E-state index in [9.17, 15) is 9.18 Å². The first-order valence-corrected chi connectivity index (χ1v) is 9.50. The number of nitrogens with zero attached hydrogens (tertiary/aromatic N) is 1. The van der Waals surface area contributed by atoms with Gasteiger partial charge in [0.1, 0.15) is 23.8 Å². The minimum Gasteiger partial charge on any atom is -0.496 e. The molecule has 7 heteroatoms. The molecule has 150 valence electrons. The molecule has 0 saturated heterocycles. The van der Waals surface area contributed by atoms with Gasteiger partial charge in [0.05, 0.1) is 7.11 Å². The lowest BCUT2D eigenvalue weighted by molar-refractivity contribution is -0.124. The van der Waals surface area contributed by atoms with Gasteiger partial charge in [0.2, 0.25) is 5.91 Å². The summed E-state index contributed by atoms with van der Waals surface area (Å²) in [6.45, 7) is -0.493. The number of methoxy groups -OCH3 is 1. The number of aromatic nitrogens is 2. The zero-order valence-electron chi connectivity index (χ0n) is 16.0. The van der Waals surface area contributed by atoms with Gasteiger partial charge in [-0.25, -0.2) is 9.37 Å². The Balaban J connectivity index is 1.67. The van der Waals surface area contributed by atoms with Gasteiger partial charge in [0.25, 0.3) is 0 Å². The first-order chi connectivity index (χ1) is 14.1. The molecule has 29 heavy (non-hydrogen) atoms. The summed E-state index contributed by atoms with van der Waals surface area (Å²) >= 11 is 0. The number of nitrogens with one attached hydrogen (secondary N) is 2. The van der Waals surface area contributed by atoms with E-state index in [1.165, 1.54) is 12.1 Å². The lowest BCUT2D eigenvalue weighted by atomic mass is 9.93. The first kappa shape index (κ1) is 19.1. The molecule has 0 spiro atoms. The number of amides is 1. The number of fused-ring (bicyclic) bond motifs is 1. The van der Waals surface area contributed by atoms with Crippen molar-refractivity contribution in [1.29, 1.82) is 0 Å². The molecular weight excluding hydrogens is 373 g/mol. The van der Waals surface area contributed by atoms with Gasteiger partial charge in [-0.05, 0) is 60.7 Å². The molecule has 0 saturated carbocycles. The summed E-state index contributed by atoms with van der Waals surface area (Å²) in [6, 6.07) is 8.38. The molecule has 0 bridgehead atoms. The maximum Gasteiger partial charge on any atom is 0.245 e. The maximum atomic E-state index is 13.9. The second-order valence-corrected chi connectivity index (χ2v) is 7.07. The van der Waals surface area contributed by atoms with Gasteiger partial charge in [-0.2, -0.15) is 0 Å². The van der Waals surface area contributed by atoms with Crippen molar-refractivity contribution in [3.8, 4) is 16.9 Å². The Morgan fingerprint density at radius 3 is 2.93 bits per heavy atom. The van der Waals surface area contributed by atoms with Gasteiger partial charge < -0.3 is 20.1 Å². The summed E-state index contributed by atoms with van der Waals surface area (Å²) in [4.78, 5) is 19.1. The van der Waals surface area contributed by atoms with E-state index in [1.807, 2.05) is 12.1 Å². The average molecular weight is 395 g/mol. The molecule has 1 aliphatic carbocycles. The number of benzene rings is 1. The fraction of sp³-hybridized carbons (Fsp3) is 0.273. The van der Waals surface area contributed by atoms with Crippen molar-refractivity contribution in [3.05, 3.63) is 54.1 Å². The minimum atomic E-state index is -0.493. The third-order valence-corrected chi connectivity index (χ3v) is 5.25. The molecule has 2 aromatic heterocycles. The predicted molar refractivity (Wildman–Crippen MR) is 109 cm³/mol. The highest BCUT2D eigenvalue weighted by molar-refractivity contribution is 5.96. The summed E-state index contributed by atoms with van der Waals surface area (Å²) in [5, 5.41) is 12.6. The number of aliphatic hydroxyl groups excluding tert-OH is 1. The summed E-state index contributed by atoms with van der Waals surface area (Å²) in [5.74, 6) is -0.0798. The standard InChI is InChI=1S/C22H22FN3O3/c1-29-20-7-4-14(23)10-17(20)16-8-9-24-22-18(16)11-19(26-22)13-2-5-15(6-3-13)25-21(28)12-27/h2,4,7-11,15,27H,3,5-6,12H2,1H3,(H,24,26)(H,25,28). The van der Waals surface area contributed by atoms with E-state index in [1.54, 1.807) is 19.4 Å². The van der Waals surface area contributed by atoms with E-state index < -0.39 is 6.61 Å². The number of hydrogen-bond donors (Lipinski definition) is 3. The van der Waals surface area contributed by atoms with E-state index in [0.717, 1.165) is 40.7 Å². The Bertz CT molecular complexity index is 1090. The summed E-state index contributed by atoms with van der Waals surface area (Å²) in [6.07, 6.45) is 6.08. The number of allylic oxidation sites excluding steroid dienone is 1. The van der Waals surface area contributed by atoms with Crippen LogP contribution in [-0.4, -0.2) is 40.7 Å². The molecule has 0 radical (unpaired) electrons. The van der Waals surface area contributed by atoms with Gasteiger partial charge >= 0.3 is 0 Å². The van der Waals surface area contributed by atoms with Gasteiger partial charge in [-0.3, -0.25) is 4.79 Å². The van der Waals surface area contributed by atoms with Crippen LogP contribution in [0.3, 0.4) is 0 Å². The molecule has 4 rings (SSSR count). The van der Waals surface area contributed by atoms with Crippen molar-refractivity contribution in [3.63, 3.8) is 0 Å². The lowest BCUT2D eigenvalue weighted by Gasteiger charge is -2.22. The van der Waals surface area contributed by atoms with Gasteiger partial charge in [0.15, 0.2) is 0 Å². The van der Waals surface area contributed by atoms with Crippen LogP contribution < -0.4 is 10.1 Å². The molecule has 2 heterocycles. The number of aliphatic hydroxyl groups is 1. The van der Waals surface area contributed by atoms with Gasteiger partial charge in [0, 0.05) is 28.9 Å². The van der Waals surface area contributed by atoms with Crippen molar-refractivity contribution in [2.45, 2.75) is 25.3 Å². The van der Waals surface area contributed by atoms with Gasteiger partial charge in [-0.1, -0.05) is 6.08 Å². The van der Waals surface area contributed by atoms with E-state index in [2.05, 4.69) is 21.4 Å². The number of aromatic amines is 1. The first-order valence-electron chi connectivity index (χ1n) is 9.50. The molecule has 1 amide bonds. The average Bonchev–Trinajstić information content (AvgIpc) is 3.18. The number of carbonyl (C=O) groups is 1. The fourth-order valence-electron chi connectivity index (χ4n) is 3.81. The Kier molecular flexibility index (Phi) is 5.31. The largest absolute Gasteiger partial charge is 0.496 e. The molecule has 1 unspecified atom stereocenters. The molecule has 1 aromatic carbocycles. The van der Waals surface area contributed by atoms with Crippen LogP contribution >= 0.6 is 0 Å². The number of halogens is 1. The van der Waals surface area contributed by atoms with Crippen molar-refractivity contribution in [2.24, 2.45) is 0 Å². The molecule has 3 aromatic rings. The lowest BCUT2D eigenvalue weighted by Crippen LogP contribution is -2.37. The molecule has 1 aliphatic rings. The second kappa shape index (κ2) is 8.05. The van der Waals surface area contributed by atoms with Crippen molar-refractivity contribution < 1.29 is 19.0 Å². The van der Waals surface area contributed by atoms with Crippen LogP contribution in [0.2, 0.25) is 0 Å². The minimum absolute atomic E-state index is 0.0352. The molecule has 3 N–H and O–H groups in total. The van der Waals surface area contributed by atoms with E-state index in [4.69, 9.17) is 9.84 Å². The summed E-state index contributed by atoms with van der Waals surface area (Å²) < 4.78 is 19.3. The van der Waals surface area contributed by atoms with Crippen LogP contribution in [0.15, 0.2) is 42.6 Å². The summed E-state index contributed by atoms with van der Waals surface area (Å²) in [5.41, 5.74) is 4.35. The van der Waals surface area contributed by atoms with Crippen LogP contribution in [0.4, 0.5) is 4.39 Å².